The molecule has 1 saturated heterocycles. The highest BCUT2D eigenvalue weighted by atomic mass is 19.1. The van der Waals surface area contributed by atoms with E-state index in [0.717, 1.165) is 25.5 Å². The van der Waals surface area contributed by atoms with Gasteiger partial charge in [0, 0.05) is 38.0 Å². The van der Waals surface area contributed by atoms with E-state index in [2.05, 4.69) is 10.3 Å². The lowest BCUT2D eigenvalue weighted by Crippen LogP contribution is -2.47. The first-order chi connectivity index (χ1) is 12.1. The number of aryl methyl sites for hydroxylation is 1. The lowest BCUT2D eigenvalue weighted by atomic mass is 10.1. The van der Waals surface area contributed by atoms with Gasteiger partial charge in [0.25, 0.3) is 0 Å². The molecule has 0 aliphatic carbocycles. The summed E-state index contributed by atoms with van der Waals surface area (Å²) >= 11 is 0. The maximum Gasteiger partial charge on any atom is 0.223 e. The van der Waals surface area contributed by atoms with Crippen molar-refractivity contribution in [1.82, 2.24) is 15.2 Å². The molecule has 1 aliphatic heterocycles. The monoisotopic (exact) mass is 349 g/mol. The van der Waals surface area contributed by atoms with Crippen LogP contribution in [0.25, 0.3) is 11.3 Å². The van der Waals surface area contributed by atoms with Crippen molar-refractivity contribution >= 4 is 5.91 Å². The maximum absolute atomic E-state index is 13.8. The predicted octanol–water partition coefficient (Wildman–Crippen LogP) is 2.76. The topological polar surface area (TPSA) is 58.4 Å². The average molecular weight is 349 g/mol. The minimum absolute atomic E-state index is 0.0627. The second kappa shape index (κ2) is 7.74. The first-order valence-corrected chi connectivity index (χ1v) is 8.42. The summed E-state index contributed by atoms with van der Waals surface area (Å²) < 4.78 is 32.3. The molecule has 3 rings (SSSR count). The highest BCUT2D eigenvalue weighted by molar-refractivity contribution is 5.76. The van der Waals surface area contributed by atoms with Gasteiger partial charge in [0.1, 0.15) is 11.6 Å². The Morgan fingerprint density at radius 3 is 3.04 bits per heavy atom. The Morgan fingerprint density at radius 2 is 2.28 bits per heavy atom. The molecule has 2 aromatic rings. The van der Waals surface area contributed by atoms with Gasteiger partial charge in [-0.25, -0.2) is 13.8 Å². The molecule has 1 aromatic heterocycles. The maximum atomic E-state index is 13.8. The van der Waals surface area contributed by atoms with Crippen LogP contribution in [0, 0.1) is 11.6 Å². The van der Waals surface area contributed by atoms with Crippen LogP contribution in [0.1, 0.15) is 25.2 Å². The number of likely N-dealkylation sites (tertiary alicyclic amines) is 1. The van der Waals surface area contributed by atoms with E-state index in [0.29, 0.717) is 31.3 Å². The minimum Gasteiger partial charge on any atom is -0.441 e. The van der Waals surface area contributed by atoms with E-state index in [9.17, 15) is 13.6 Å². The smallest absolute Gasteiger partial charge is 0.223 e. The van der Waals surface area contributed by atoms with E-state index in [1.807, 2.05) is 11.9 Å². The number of hydrogen-bond donors (Lipinski definition) is 1. The number of aromatic nitrogens is 1. The van der Waals surface area contributed by atoms with Crippen molar-refractivity contribution < 1.29 is 18.0 Å². The molecule has 1 aliphatic rings. The van der Waals surface area contributed by atoms with Gasteiger partial charge >= 0.3 is 0 Å². The number of oxazole rings is 1. The number of halogens is 2. The van der Waals surface area contributed by atoms with Crippen molar-refractivity contribution in [3.8, 4) is 11.3 Å². The van der Waals surface area contributed by atoms with Crippen LogP contribution in [0.5, 0.6) is 0 Å². The fraction of sp³-hybridized carbons (Fsp3) is 0.444. The Labute approximate surface area is 145 Å². The van der Waals surface area contributed by atoms with E-state index in [4.69, 9.17) is 4.42 Å². The van der Waals surface area contributed by atoms with E-state index in [-0.39, 0.29) is 17.2 Å². The second-order valence-corrected chi connectivity index (χ2v) is 6.21. The number of carbonyl (C=O) groups excluding carboxylic acids is 1. The Hall–Kier alpha value is -2.28. The average Bonchev–Trinajstić information content (AvgIpc) is 3.08. The first-order valence-electron chi connectivity index (χ1n) is 8.42. The quantitative estimate of drug-likeness (QED) is 0.902. The zero-order valence-electron chi connectivity index (χ0n) is 14.1. The Bertz CT molecular complexity index is 748. The van der Waals surface area contributed by atoms with Crippen molar-refractivity contribution in [3.63, 3.8) is 0 Å². The van der Waals surface area contributed by atoms with Gasteiger partial charge in [0.2, 0.25) is 5.91 Å². The van der Waals surface area contributed by atoms with Crippen molar-refractivity contribution in [3.05, 3.63) is 41.9 Å². The molecule has 1 fully saturated rings. The highest BCUT2D eigenvalue weighted by Crippen LogP contribution is 2.24. The molecular weight excluding hydrogens is 328 g/mol. The molecule has 1 aromatic carbocycles. The highest BCUT2D eigenvalue weighted by Gasteiger charge is 2.22. The van der Waals surface area contributed by atoms with Crippen LogP contribution >= 0.6 is 0 Å². The minimum atomic E-state index is -0.704. The molecule has 2 heterocycles. The number of hydrogen-bond acceptors (Lipinski definition) is 4. The van der Waals surface area contributed by atoms with Crippen LogP contribution in [0.3, 0.4) is 0 Å². The van der Waals surface area contributed by atoms with Gasteiger partial charge in [0.05, 0.1) is 11.8 Å². The van der Waals surface area contributed by atoms with Gasteiger partial charge in [-0.1, -0.05) is 0 Å². The van der Waals surface area contributed by atoms with Gasteiger partial charge in [-0.3, -0.25) is 4.79 Å². The molecule has 134 valence electrons. The van der Waals surface area contributed by atoms with E-state index < -0.39 is 11.6 Å². The van der Waals surface area contributed by atoms with Gasteiger partial charge in [-0.05, 0) is 32.0 Å². The van der Waals surface area contributed by atoms with Crippen molar-refractivity contribution in [2.75, 3.05) is 20.1 Å². The van der Waals surface area contributed by atoms with Crippen molar-refractivity contribution in [2.45, 2.75) is 31.7 Å². The molecule has 0 spiro atoms. The number of carbonyl (C=O) groups is 1. The molecule has 7 heteroatoms. The summed E-state index contributed by atoms with van der Waals surface area (Å²) in [5.74, 6) is -0.687. The number of amides is 1. The van der Waals surface area contributed by atoms with Crippen LogP contribution in [0.4, 0.5) is 8.78 Å². The molecular formula is C18H21F2N3O2. The van der Waals surface area contributed by atoms with E-state index >= 15 is 0 Å². The van der Waals surface area contributed by atoms with E-state index in [1.165, 1.54) is 18.3 Å². The lowest BCUT2D eigenvalue weighted by Gasteiger charge is -2.32. The number of rotatable bonds is 5. The molecule has 0 saturated carbocycles. The molecule has 1 N–H and O–H groups in total. The summed E-state index contributed by atoms with van der Waals surface area (Å²) in [6, 6.07) is 3.62. The third-order valence-electron chi connectivity index (χ3n) is 4.49. The predicted molar refractivity (Wildman–Crippen MR) is 88.8 cm³/mol. The summed E-state index contributed by atoms with van der Waals surface area (Å²) in [6.45, 7) is 1.49. The second-order valence-electron chi connectivity index (χ2n) is 6.21. The third-order valence-corrected chi connectivity index (χ3v) is 4.49. The van der Waals surface area contributed by atoms with Crippen molar-refractivity contribution in [2.24, 2.45) is 0 Å². The molecule has 1 amide bonds. The molecule has 5 nitrogen and oxygen atoms in total. The van der Waals surface area contributed by atoms with Gasteiger partial charge in [-0.15, -0.1) is 0 Å². The number of benzene rings is 1. The summed E-state index contributed by atoms with van der Waals surface area (Å²) in [4.78, 5) is 18.3. The fourth-order valence-electron chi connectivity index (χ4n) is 3.05. The summed E-state index contributed by atoms with van der Waals surface area (Å²) in [7, 11) is 1.90. The zero-order chi connectivity index (χ0) is 17.8. The van der Waals surface area contributed by atoms with Crippen molar-refractivity contribution in [1.29, 1.82) is 0 Å². The number of nitrogens with zero attached hydrogens (tertiary/aromatic N) is 2. The number of nitrogens with one attached hydrogen (secondary N) is 1. The Kier molecular flexibility index (Phi) is 5.43. The number of likely N-dealkylation sites (N-methyl/N-ethyl adjacent to an activating group) is 1. The molecule has 1 atom stereocenters. The standard InChI is InChI=1S/C18H21F2N3O2/c1-21-13-3-2-8-23(11-13)18(24)7-6-17-22-10-16(25-17)14-5-4-12(19)9-15(14)20/h4-5,9-10,13,21H,2-3,6-8,11H2,1H3. The van der Waals surface area contributed by atoms with Crippen LogP contribution in [0.15, 0.2) is 28.8 Å². The van der Waals surface area contributed by atoms with Gasteiger partial charge in [0.15, 0.2) is 11.7 Å². The molecule has 0 bridgehead atoms. The molecule has 0 radical (unpaired) electrons. The summed E-state index contributed by atoms with van der Waals surface area (Å²) in [5, 5.41) is 3.21. The summed E-state index contributed by atoms with van der Waals surface area (Å²) in [5.41, 5.74) is 0.152. The Morgan fingerprint density at radius 1 is 1.44 bits per heavy atom. The van der Waals surface area contributed by atoms with E-state index in [1.54, 1.807) is 0 Å². The number of piperidine rings is 1. The fourth-order valence-corrected chi connectivity index (χ4v) is 3.05. The SMILES string of the molecule is CNC1CCCN(C(=O)CCc2ncc(-c3ccc(F)cc3F)o2)C1. The molecule has 1 unspecified atom stereocenters. The van der Waals surface area contributed by atoms with Crippen LogP contribution in [-0.2, 0) is 11.2 Å². The van der Waals surface area contributed by atoms with Gasteiger partial charge < -0.3 is 14.6 Å². The lowest BCUT2D eigenvalue weighted by molar-refractivity contribution is -0.132. The zero-order valence-corrected chi connectivity index (χ0v) is 14.1. The van der Waals surface area contributed by atoms with Crippen LogP contribution in [0.2, 0.25) is 0 Å². The molecule has 25 heavy (non-hydrogen) atoms. The third kappa shape index (κ3) is 4.22. The van der Waals surface area contributed by atoms with Gasteiger partial charge in [-0.2, -0.15) is 0 Å². The van der Waals surface area contributed by atoms with Crippen LogP contribution in [-0.4, -0.2) is 42.0 Å². The normalized spacial score (nSPS) is 17.7. The first kappa shape index (κ1) is 17.5. The van der Waals surface area contributed by atoms with Crippen LogP contribution < -0.4 is 5.32 Å². The largest absolute Gasteiger partial charge is 0.441 e. The Balaban J connectivity index is 1.59. The summed E-state index contributed by atoms with van der Waals surface area (Å²) in [6.07, 6.45) is 4.11.